The molecule has 2 unspecified atom stereocenters. The van der Waals surface area contributed by atoms with Crippen molar-refractivity contribution in [2.24, 2.45) is 0 Å². The van der Waals surface area contributed by atoms with Gasteiger partial charge in [-0.05, 0) is 37.9 Å². The molecule has 1 saturated heterocycles. The van der Waals surface area contributed by atoms with Gasteiger partial charge in [0.25, 0.3) is 0 Å². The third-order valence-corrected chi connectivity index (χ3v) is 3.15. The number of hydrogen-bond acceptors (Lipinski definition) is 4. The first-order chi connectivity index (χ1) is 7.81. The zero-order valence-corrected chi connectivity index (χ0v) is 9.65. The SMILES string of the molecule is CNC(Cc1cccnc1N)C1CCCO1. The molecule has 2 heterocycles. The summed E-state index contributed by atoms with van der Waals surface area (Å²) in [5.74, 6) is 0.626. The van der Waals surface area contributed by atoms with Gasteiger partial charge in [0.15, 0.2) is 0 Å². The number of likely N-dealkylation sites (N-methyl/N-ethyl adjacent to an activating group) is 1. The monoisotopic (exact) mass is 221 g/mol. The molecule has 2 atom stereocenters. The summed E-state index contributed by atoms with van der Waals surface area (Å²) >= 11 is 0. The van der Waals surface area contributed by atoms with E-state index in [1.165, 1.54) is 0 Å². The predicted octanol–water partition coefficient (Wildman–Crippen LogP) is 0.973. The van der Waals surface area contributed by atoms with E-state index in [-0.39, 0.29) is 0 Å². The van der Waals surface area contributed by atoms with Gasteiger partial charge in [-0.1, -0.05) is 6.07 Å². The Morgan fingerprint density at radius 1 is 1.69 bits per heavy atom. The van der Waals surface area contributed by atoms with E-state index in [0.717, 1.165) is 31.4 Å². The minimum atomic E-state index is 0.310. The number of hydrogen-bond donors (Lipinski definition) is 2. The molecule has 0 aromatic carbocycles. The first kappa shape index (κ1) is 11.4. The maximum Gasteiger partial charge on any atom is 0.126 e. The molecule has 0 radical (unpaired) electrons. The lowest BCUT2D eigenvalue weighted by Gasteiger charge is -2.22. The van der Waals surface area contributed by atoms with E-state index in [0.29, 0.717) is 18.0 Å². The average molecular weight is 221 g/mol. The van der Waals surface area contributed by atoms with Crippen molar-refractivity contribution >= 4 is 5.82 Å². The Morgan fingerprint density at radius 2 is 2.56 bits per heavy atom. The van der Waals surface area contributed by atoms with Crippen LogP contribution in [0.15, 0.2) is 18.3 Å². The van der Waals surface area contributed by atoms with Crippen molar-refractivity contribution in [3.8, 4) is 0 Å². The molecular formula is C12H19N3O. The Hall–Kier alpha value is -1.13. The van der Waals surface area contributed by atoms with Crippen LogP contribution in [0, 0.1) is 0 Å². The fraction of sp³-hybridized carbons (Fsp3) is 0.583. The van der Waals surface area contributed by atoms with E-state index in [2.05, 4.69) is 10.3 Å². The number of aromatic nitrogens is 1. The topological polar surface area (TPSA) is 60.2 Å². The molecule has 16 heavy (non-hydrogen) atoms. The van der Waals surface area contributed by atoms with Crippen LogP contribution in [-0.4, -0.2) is 30.8 Å². The molecule has 0 saturated carbocycles. The largest absolute Gasteiger partial charge is 0.383 e. The molecule has 0 bridgehead atoms. The van der Waals surface area contributed by atoms with Gasteiger partial charge in [0.1, 0.15) is 5.82 Å². The summed E-state index contributed by atoms with van der Waals surface area (Å²) in [6.45, 7) is 0.880. The number of nitrogens with two attached hydrogens (primary N) is 1. The van der Waals surface area contributed by atoms with Gasteiger partial charge in [-0.25, -0.2) is 4.98 Å². The van der Waals surface area contributed by atoms with Crippen LogP contribution in [0.1, 0.15) is 18.4 Å². The van der Waals surface area contributed by atoms with E-state index in [1.807, 2.05) is 19.2 Å². The first-order valence-corrected chi connectivity index (χ1v) is 5.79. The lowest BCUT2D eigenvalue weighted by molar-refractivity contribution is 0.0809. The van der Waals surface area contributed by atoms with E-state index in [4.69, 9.17) is 10.5 Å². The zero-order chi connectivity index (χ0) is 11.4. The molecule has 1 aliphatic heterocycles. The molecule has 0 amide bonds. The standard InChI is InChI=1S/C12H19N3O/c1-14-10(11-5-3-7-16-11)8-9-4-2-6-15-12(9)13/h2,4,6,10-11,14H,3,5,7-8H2,1H3,(H2,13,15). The lowest BCUT2D eigenvalue weighted by atomic mass is 10.00. The number of pyridine rings is 1. The van der Waals surface area contributed by atoms with Gasteiger partial charge in [0, 0.05) is 18.8 Å². The zero-order valence-electron chi connectivity index (χ0n) is 9.65. The van der Waals surface area contributed by atoms with E-state index < -0.39 is 0 Å². The summed E-state index contributed by atoms with van der Waals surface area (Å²) in [6.07, 6.45) is 5.20. The quantitative estimate of drug-likeness (QED) is 0.795. The summed E-state index contributed by atoms with van der Waals surface area (Å²) in [5, 5.41) is 3.31. The minimum absolute atomic E-state index is 0.310. The second-order valence-corrected chi connectivity index (χ2v) is 4.20. The Morgan fingerprint density at radius 3 is 3.19 bits per heavy atom. The highest BCUT2D eigenvalue weighted by Gasteiger charge is 2.25. The van der Waals surface area contributed by atoms with Crippen molar-refractivity contribution in [1.29, 1.82) is 0 Å². The van der Waals surface area contributed by atoms with Gasteiger partial charge in [-0.2, -0.15) is 0 Å². The molecule has 4 heteroatoms. The molecule has 88 valence electrons. The van der Waals surface area contributed by atoms with Crippen LogP contribution < -0.4 is 11.1 Å². The smallest absolute Gasteiger partial charge is 0.126 e. The summed E-state index contributed by atoms with van der Waals surface area (Å²) in [5.41, 5.74) is 6.94. The third kappa shape index (κ3) is 2.51. The van der Waals surface area contributed by atoms with Crippen molar-refractivity contribution in [3.05, 3.63) is 23.9 Å². The summed E-state index contributed by atoms with van der Waals surface area (Å²) < 4.78 is 5.69. The number of nitrogens with zero attached hydrogens (tertiary/aromatic N) is 1. The van der Waals surface area contributed by atoms with Gasteiger partial charge in [-0.15, -0.1) is 0 Å². The molecular weight excluding hydrogens is 202 g/mol. The Kier molecular flexibility index (Phi) is 3.74. The molecule has 1 fully saturated rings. The number of nitrogen functional groups attached to an aromatic ring is 1. The lowest BCUT2D eigenvalue weighted by Crippen LogP contribution is -2.39. The van der Waals surface area contributed by atoms with Crippen molar-refractivity contribution in [1.82, 2.24) is 10.3 Å². The van der Waals surface area contributed by atoms with Crippen LogP contribution in [0.4, 0.5) is 5.82 Å². The van der Waals surface area contributed by atoms with Crippen molar-refractivity contribution < 1.29 is 4.74 Å². The highest BCUT2D eigenvalue weighted by atomic mass is 16.5. The van der Waals surface area contributed by atoms with Gasteiger partial charge in [-0.3, -0.25) is 0 Å². The van der Waals surface area contributed by atoms with Gasteiger partial charge in [0.05, 0.1) is 6.10 Å². The minimum Gasteiger partial charge on any atom is -0.383 e. The van der Waals surface area contributed by atoms with Crippen LogP contribution in [0.5, 0.6) is 0 Å². The van der Waals surface area contributed by atoms with Crippen LogP contribution >= 0.6 is 0 Å². The van der Waals surface area contributed by atoms with Crippen LogP contribution in [0.3, 0.4) is 0 Å². The molecule has 1 aliphatic rings. The van der Waals surface area contributed by atoms with Crippen molar-refractivity contribution in [2.45, 2.75) is 31.4 Å². The first-order valence-electron chi connectivity index (χ1n) is 5.79. The highest BCUT2D eigenvalue weighted by molar-refractivity contribution is 5.39. The van der Waals surface area contributed by atoms with Gasteiger partial charge in [0.2, 0.25) is 0 Å². The second kappa shape index (κ2) is 5.27. The van der Waals surface area contributed by atoms with Crippen LogP contribution in [0.2, 0.25) is 0 Å². The third-order valence-electron chi connectivity index (χ3n) is 3.15. The number of ether oxygens (including phenoxy) is 1. The fourth-order valence-electron chi connectivity index (χ4n) is 2.20. The molecule has 2 rings (SSSR count). The van der Waals surface area contributed by atoms with E-state index >= 15 is 0 Å². The maximum atomic E-state index is 5.84. The molecule has 4 nitrogen and oxygen atoms in total. The normalized spacial score (nSPS) is 22.2. The molecule has 1 aromatic heterocycles. The maximum absolute atomic E-state index is 5.84. The Labute approximate surface area is 96.2 Å². The summed E-state index contributed by atoms with van der Waals surface area (Å²) in [4.78, 5) is 4.10. The Balaban J connectivity index is 2.03. The van der Waals surface area contributed by atoms with Gasteiger partial charge < -0.3 is 15.8 Å². The fourth-order valence-corrected chi connectivity index (χ4v) is 2.20. The molecule has 0 spiro atoms. The second-order valence-electron chi connectivity index (χ2n) is 4.20. The van der Waals surface area contributed by atoms with E-state index in [1.54, 1.807) is 6.20 Å². The molecule has 1 aromatic rings. The number of rotatable bonds is 4. The molecule has 0 aliphatic carbocycles. The van der Waals surface area contributed by atoms with Crippen molar-refractivity contribution in [2.75, 3.05) is 19.4 Å². The van der Waals surface area contributed by atoms with Crippen molar-refractivity contribution in [3.63, 3.8) is 0 Å². The average Bonchev–Trinajstić information content (AvgIpc) is 2.81. The highest BCUT2D eigenvalue weighted by Crippen LogP contribution is 2.19. The summed E-state index contributed by atoms with van der Waals surface area (Å²) in [7, 11) is 1.97. The number of anilines is 1. The predicted molar refractivity (Wildman–Crippen MR) is 64.2 cm³/mol. The van der Waals surface area contributed by atoms with Crippen LogP contribution in [0.25, 0.3) is 0 Å². The van der Waals surface area contributed by atoms with Gasteiger partial charge >= 0.3 is 0 Å². The molecule has 3 N–H and O–H groups in total. The summed E-state index contributed by atoms with van der Waals surface area (Å²) in [6, 6.07) is 4.28. The number of nitrogens with one attached hydrogen (secondary N) is 1. The van der Waals surface area contributed by atoms with Crippen LogP contribution in [-0.2, 0) is 11.2 Å². The Bertz CT molecular complexity index is 337. The van der Waals surface area contributed by atoms with E-state index in [9.17, 15) is 0 Å².